The Balaban J connectivity index is 1.47. The van der Waals surface area contributed by atoms with Crippen LogP contribution in [0.3, 0.4) is 0 Å². The van der Waals surface area contributed by atoms with Gasteiger partial charge in [-0.05, 0) is 42.8 Å². The van der Waals surface area contributed by atoms with E-state index < -0.39 is 5.97 Å². The zero-order valence-electron chi connectivity index (χ0n) is 17.4. The van der Waals surface area contributed by atoms with Crippen LogP contribution in [0.2, 0.25) is 0 Å². The summed E-state index contributed by atoms with van der Waals surface area (Å²) in [6.45, 7) is 1.82. The summed E-state index contributed by atoms with van der Waals surface area (Å²) in [6.07, 6.45) is 0. The Kier molecular flexibility index (Phi) is 6.22. The second-order valence-corrected chi connectivity index (χ2v) is 6.99. The van der Waals surface area contributed by atoms with E-state index in [1.165, 1.54) is 0 Å². The van der Waals surface area contributed by atoms with Crippen LogP contribution in [0.15, 0.2) is 78.9 Å². The van der Waals surface area contributed by atoms with Crippen LogP contribution >= 0.6 is 0 Å². The van der Waals surface area contributed by atoms with Crippen LogP contribution in [0.25, 0.3) is 0 Å². The van der Waals surface area contributed by atoms with E-state index in [4.69, 9.17) is 10.5 Å². The van der Waals surface area contributed by atoms with E-state index in [1.54, 1.807) is 12.1 Å². The molecule has 8 nitrogen and oxygen atoms in total. The van der Waals surface area contributed by atoms with Gasteiger partial charge in [-0.2, -0.15) is 15.0 Å². The van der Waals surface area contributed by atoms with Crippen molar-refractivity contribution in [3.63, 3.8) is 0 Å². The van der Waals surface area contributed by atoms with Gasteiger partial charge in [-0.3, -0.25) is 0 Å². The van der Waals surface area contributed by atoms with Gasteiger partial charge < -0.3 is 21.1 Å². The number of rotatable bonds is 7. The van der Waals surface area contributed by atoms with Gasteiger partial charge in [0, 0.05) is 11.4 Å². The Labute approximate surface area is 185 Å². The van der Waals surface area contributed by atoms with Gasteiger partial charge in [0.25, 0.3) is 0 Å². The van der Waals surface area contributed by atoms with Crippen molar-refractivity contribution in [2.24, 2.45) is 0 Å². The molecule has 0 aliphatic rings. The normalized spacial score (nSPS) is 10.4. The average Bonchev–Trinajstić information content (AvgIpc) is 2.80. The number of esters is 1. The lowest BCUT2D eigenvalue weighted by atomic mass is 10.1. The summed E-state index contributed by atoms with van der Waals surface area (Å²) in [4.78, 5) is 25.3. The number of nitrogen functional groups attached to an aromatic ring is 1. The van der Waals surface area contributed by atoms with Crippen LogP contribution in [0.1, 0.15) is 21.7 Å². The molecule has 4 N–H and O–H groups in total. The first kappa shape index (κ1) is 20.8. The van der Waals surface area contributed by atoms with Crippen LogP contribution in [0.5, 0.6) is 0 Å². The molecule has 0 unspecified atom stereocenters. The first-order valence-electron chi connectivity index (χ1n) is 10.00. The van der Waals surface area contributed by atoms with Crippen LogP contribution in [0.4, 0.5) is 29.0 Å². The minimum atomic E-state index is -0.503. The van der Waals surface area contributed by atoms with Gasteiger partial charge in [0.2, 0.25) is 11.9 Å². The number of nitrogens with zero attached hydrogens (tertiary/aromatic N) is 3. The Morgan fingerprint density at radius 1 is 0.844 bits per heavy atom. The van der Waals surface area contributed by atoms with E-state index in [9.17, 15) is 4.79 Å². The molecule has 4 aromatic rings. The smallest absolute Gasteiger partial charge is 0.340 e. The molecule has 0 radical (unpaired) electrons. The summed E-state index contributed by atoms with van der Waals surface area (Å²) in [6, 6.07) is 24.4. The number of aromatic nitrogens is 3. The van der Waals surface area contributed by atoms with Crippen molar-refractivity contribution in [2.75, 3.05) is 16.4 Å². The fourth-order valence-corrected chi connectivity index (χ4v) is 3.05. The molecule has 1 aromatic heterocycles. The predicted molar refractivity (Wildman–Crippen MR) is 124 cm³/mol. The van der Waals surface area contributed by atoms with Crippen molar-refractivity contribution in [1.29, 1.82) is 0 Å². The number of para-hydroxylation sites is 3. The van der Waals surface area contributed by atoms with Crippen LogP contribution in [-0.2, 0) is 11.3 Å². The molecular formula is C24H22N6O2. The number of anilines is 5. The summed E-state index contributed by atoms with van der Waals surface area (Å²) in [5.41, 5.74) is 9.61. The second-order valence-electron chi connectivity index (χ2n) is 6.99. The van der Waals surface area contributed by atoms with E-state index in [-0.39, 0.29) is 24.3 Å². The molecule has 160 valence electrons. The zero-order valence-corrected chi connectivity index (χ0v) is 17.4. The monoisotopic (exact) mass is 426 g/mol. The number of carbonyl (C=O) groups is 1. The van der Waals surface area contributed by atoms with E-state index in [0.29, 0.717) is 11.3 Å². The second kappa shape index (κ2) is 9.57. The first-order valence-corrected chi connectivity index (χ1v) is 10.00. The number of ether oxygens (including phenoxy) is 1. The molecule has 0 fully saturated rings. The highest BCUT2D eigenvalue weighted by molar-refractivity contribution is 5.96. The van der Waals surface area contributed by atoms with E-state index in [0.717, 1.165) is 16.9 Å². The summed E-state index contributed by atoms with van der Waals surface area (Å²) < 4.78 is 5.46. The molecule has 0 bridgehead atoms. The molecule has 0 spiro atoms. The number of benzene rings is 3. The zero-order chi connectivity index (χ0) is 22.3. The molecule has 1 heterocycles. The van der Waals surface area contributed by atoms with Gasteiger partial charge in [-0.15, -0.1) is 0 Å². The number of carbonyl (C=O) groups excluding carboxylic acids is 1. The minimum Gasteiger partial charge on any atom is -0.454 e. The average molecular weight is 426 g/mol. The van der Waals surface area contributed by atoms with Crippen molar-refractivity contribution >= 4 is 34.9 Å². The topological polar surface area (TPSA) is 115 Å². The Bertz CT molecular complexity index is 1230. The van der Waals surface area contributed by atoms with Crippen LogP contribution in [-0.4, -0.2) is 20.9 Å². The molecule has 32 heavy (non-hydrogen) atoms. The molecule has 0 aliphatic carbocycles. The Hall–Kier alpha value is -4.46. The van der Waals surface area contributed by atoms with Crippen molar-refractivity contribution in [2.45, 2.75) is 13.5 Å². The number of nitrogens with two attached hydrogens (primary N) is 1. The van der Waals surface area contributed by atoms with Crippen LogP contribution < -0.4 is 16.4 Å². The Morgan fingerprint density at radius 2 is 1.53 bits per heavy atom. The summed E-state index contributed by atoms with van der Waals surface area (Å²) in [7, 11) is 0. The number of hydrogen-bond acceptors (Lipinski definition) is 8. The van der Waals surface area contributed by atoms with Crippen molar-refractivity contribution < 1.29 is 9.53 Å². The molecule has 0 saturated heterocycles. The fraction of sp³-hybridized carbons (Fsp3) is 0.0833. The number of aryl methyl sites for hydroxylation is 1. The maximum atomic E-state index is 12.8. The molecule has 0 amide bonds. The SMILES string of the molecule is Cc1ccccc1Nc1nc(N)nc(COC(=O)c2ccccc2Nc2ccccc2)n1. The maximum Gasteiger partial charge on any atom is 0.340 e. The van der Waals surface area contributed by atoms with Crippen molar-refractivity contribution in [3.8, 4) is 0 Å². The highest BCUT2D eigenvalue weighted by atomic mass is 16.5. The van der Waals surface area contributed by atoms with Gasteiger partial charge in [0.15, 0.2) is 12.4 Å². The third kappa shape index (κ3) is 5.17. The molecular weight excluding hydrogens is 404 g/mol. The van der Waals surface area contributed by atoms with Gasteiger partial charge in [0.1, 0.15) is 0 Å². The van der Waals surface area contributed by atoms with E-state index in [1.807, 2.05) is 73.7 Å². The number of nitrogens with one attached hydrogen (secondary N) is 2. The minimum absolute atomic E-state index is 0.0354. The maximum absolute atomic E-state index is 12.8. The highest BCUT2D eigenvalue weighted by Crippen LogP contribution is 2.22. The van der Waals surface area contributed by atoms with Gasteiger partial charge in [0.05, 0.1) is 11.3 Å². The molecule has 0 aliphatic heterocycles. The molecule has 0 saturated carbocycles. The lowest BCUT2D eigenvalue weighted by molar-refractivity contribution is 0.0463. The third-order valence-corrected chi connectivity index (χ3v) is 4.62. The van der Waals surface area contributed by atoms with Gasteiger partial charge in [-0.25, -0.2) is 4.79 Å². The fourth-order valence-electron chi connectivity index (χ4n) is 3.05. The van der Waals surface area contributed by atoms with E-state index >= 15 is 0 Å². The Morgan fingerprint density at radius 3 is 2.31 bits per heavy atom. The van der Waals surface area contributed by atoms with Crippen molar-refractivity contribution in [1.82, 2.24) is 15.0 Å². The lowest BCUT2D eigenvalue weighted by Gasteiger charge is -2.12. The summed E-state index contributed by atoms with van der Waals surface area (Å²) in [5, 5.41) is 6.35. The largest absolute Gasteiger partial charge is 0.454 e. The molecule has 3 aromatic carbocycles. The quantitative estimate of drug-likeness (QED) is 0.367. The van der Waals surface area contributed by atoms with Gasteiger partial charge in [-0.1, -0.05) is 48.5 Å². The number of hydrogen-bond donors (Lipinski definition) is 3. The highest BCUT2D eigenvalue weighted by Gasteiger charge is 2.14. The van der Waals surface area contributed by atoms with E-state index in [2.05, 4.69) is 25.6 Å². The summed E-state index contributed by atoms with van der Waals surface area (Å²) in [5.74, 6) is 0.0594. The molecule has 4 rings (SSSR count). The van der Waals surface area contributed by atoms with Crippen molar-refractivity contribution in [3.05, 3.63) is 95.8 Å². The molecule has 8 heteroatoms. The third-order valence-electron chi connectivity index (χ3n) is 4.62. The lowest BCUT2D eigenvalue weighted by Crippen LogP contribution is -2.12. The van der Waals surface area contributed by atoms with Gasteiger partial charge >= 0.3 is 5.97 Å². The molecule has 0 atom stereocenters. The standard InChI is InChI=1S/C24H22N6O2/c1-16-9-5-7-13-19(16)27-24-29-21(28-23(25)30-24)15-32-22(31)18-12-6-8-14-20(18)26-17-10-3-2-4-11-17/h2-14,26H,15H2,1H3,(H3,25,27,28,29,30). The predicted octanol–water partition coefficient (Wildman–Crippen LogP) is 4.61. The van der Waals surface area contributed by atoms with Crippen LogP contribution in [0, 0.1) is 6.92 Å². The first-order chi connectivity index (χ1) is 15.6. The summed E-state index contributed by atoms with van der Waals surface area (Å²) >= 11 is 0.